The molecule has 0 bridgehead atoms. The van der Waals surface area contributed by atoms with E-state index in [0.29, 0.717) is 13.1 Å². The van der Waals surface area contributed by atoms with Gasteiger partial charge in [-0.2, -0.15) is 9.97 Å². The number of hydrogen-bond acceptors (Lipinski definition) is 11. The molecule has 2 saturated heterocycles. The fraction of sp³-hybridized carbons (Fsp3) is 0.538. The fourth-order valence-electron chi connectivity index (χ4n) is 8.11. The second-order valence-corrected chi connectivity index (χ2v) is 15.8. The van der Waals surface area contributed by atoms with Gasteiger partial charge in [-0.25, -0.2) is 18.0 Å². The number of fused-ring (bicyclic) bond motifs is 3. The maximum atomic E-state index is 17.1. The van der Waals surface area contributed by atoms with Gasteiger partial charge in [0, 0.05) is 48.8 Å². The number of amides is 1. The molecular weight excluding hydrogens is 707 g/mol. The predicted molar refractivity (Wildman–Crippen MR) is 194 cm³/mol. The Hall–Kier alpha value is -4.47. The highest BCUT2D eigenvalue weighted by molar-refractivity contribution is 6.00. The number of β-amino-alcohol motifs (C(OH)–C–C–N with tert-alkyl or cyclic N) is 1. The second-order valence-electron chi connectivity index (χ2n) is 15.8. The summed E-state index contributed by atoms with van der Waals surface area (Å²) in [6, 6.07) is 5.00. The van der Waals surface area contributed by atoms with E-state index in [9.17, 15) is 14.3 Å². The first-order valence-electron chi connectivity index (χ1n) is 18.3. The van der Waals surface area contributed by atoms with Gasteiger partial charge in [-0.1, -0.05) is 12.5 Å². The Labute approximate surface area is 311 Å². The van der Waals surface area contributed by atoms with Crippen molar-refractivity contribution < 1.29 is 46.8 Å². The Bertz CT molecular complexity index is 2060. The summed E-state index contributed by atoms with van der Waals surface area (Å²) in [5, 5.41) is 11.4. The summed E-state index contributed by atoms with van der Waals surface area (Å²) in [6.07, 6.45) is 5.07. The molecule has 1 amide bonds. The summed E-state index contributed by atoms with van der Waals surface area (Å²) in [5.74, 6) is -2.71. The van der Waals surface area contributed by atoms with Crippen LogP contribution in [0.15, 0.2) is 30.5 Å². The van der Waals surface area contributed by atoms with Crippen LogP contribution in [0.1, 0.15) is 59.8 Å². The van der Waals surface area contributed by atoms with Crippen molar-refractivity contribution in [1.82, 2.24) is 19.9 Å². The number of piperidine rings is 1. The van der Waals surface area contributed by atoms with Gasteiger partial charge in [-0.05, 0) is 77.0 Å². The van der Waals surface area contributed by atoms with Crippen LogP contribution in [0.2, 0.25) is 0 Å². The van der Waals surface area contributed by atoms with Crippen molar-refractivity contribution >= 4 is 33.6 Å². The Kier molecular flexibility index (Phi) is 10.3. The van der Waals surface area contributed by atoms with Crippen molar-refractivity contribution in [2.24, 2.45) is 5.41 Å². The van der Waals surface area contributed by atoms with E-state index in [0.717, 1.165) is 38.2 Å². The molecule has 2 aromatic carbocycles. The van der Waals surface area contributed by atoms with Gasteiger partial charge in [0.2, 0.25) is 0 Å². The Morgan fingerprint density at radius 3 is 2.65 bits per heavy atom. The number of carbonyl (C=O) groups excluding carboxylic acids is 1. The number of carbonyl (C=O) groups is 1. The van der Waals surface area contributed by atoms with Crippen molar-refractivity contribution in [2.75, 3.05) is 58.3 Å². The molecule has 1 saturated carbocycles. The van der Waals surface area contributed by atoms with Crippen molar-refractivity contribution in [3.05, 3.63) is 47.9 Å². The van der Waals surface area contributed by atoms with Gasteiger partial charge in [-0.3, -0.25) is 4.98 Å². The number of aliphatic hydroxyl groups is 1. The molecule has 54 heavy (non-hydrogen) atoms. The molecule has 15 heteroatoms. The van der Waals surface area contributed by atoms with Crippen molar-refractivity contribution in [3.8, 4) is 23.0 Å². The summed E-state index contributed by atoms with van der Waals surface area (Å²) in [7, 11) is 1.44. The molecule has 4 heterocycles. The molecule has 290 valence electrons. The van der Waals surface area contributed by atoms with Crippen molar-refractivity contribution in [1.29, 1.82) is 0 Å². The lowest BCUT2D eigenvalue weighted by Gasteiger charge is -2.46. The number of pyridine rings is 1. The normalized spacial score (nSPS) is 23.4. The Morgan fingerprint density at radius 1 is 1.07 bits per heavy atom. The number of halogens is 3. The number of likely N-dealkylation sites (tertiary alicyclic amines) is 1. The summed E-state index contributed by atoms with van der Waals surface area (Å²) in [4.78, 5) is 30.7. The van der Waals surface area contributed by atoms with Gasteiger partial charge in [0.15, 0.2) is 24.2 Å². The number of ether oxygens (including phenoxy) is 5. The molecule has 12 nitrogen and oxygen atoms in total. The number of methoxy groups -OCH3 is 1. The molecule has 1 aliphatic carbocycles. The average molecular weight is 754 g/mol. The first-order valence-corrected chi connectivity index (χ1v) is 18.3. The summed E-state index contributed by atoms with van der Waals surface area (Å²) < 4.78 is 75.7. The zero-order valence-electron chi connectivity index (χ0n) is 31.2. The molecule has 3 atom stereocenters. The standard InChI is InChI=1S/C39H46F3N5O7/c1-37(2,3)54-36(48)47-13-7-12-39(11-6-8-28(39)47)21-52-35-44-33-26(34(45-35)46-14-15-51-20-38(4,49)19-46)18-43-32(31(33)42)25-17-24(53-22-50-5)16-23-9-10-27(40)30(41)29(23)25/h9-10,16-18,28,49H,6-8,11-15,19-22H2,1-5H3/t28-,38+,39-/m1/s1. The summed E-state index contributed by atoms with van der Waals surface area (Å²) in [6.45, 7) is 8.53. The molecule has 4 aromatic rings. The summed E-state index contributed by atoms with van der Waals surface area (Å²) >= 11 is 0. The first-order chi connectivity index (χ1) is 25.7. The Morgan fingerprint density at radius 2 is 1.87 bits per heavy atom. The van der Waals surface area contributed by atoms with E-state index in [4.69, 9.17) is 28.7 Å². The van der Waals surface area contributed by atoms with Crippen molar-refractivity contribution in [3.63, 3.8) is 0 Å². The van der Waals surface area contributed by atoms with Crippen LogP contribution in [0.3, 0.4) is 0 Å². The highest BCUT2D eigenvalue weighted by Gasteiger charge is 2.51. The molecule has 7 rings (SSSR count). The summed E-state index contributed by atoms with van der Waals surface area (Å²) in [5.41, 5.74) is -2.83. The highest BCUT2D eigenvalue weighted by atomic mass is 19.2. The predicted octanol–water partition coefficient (Wildman–Crippen LogP) is 6.78. The molecule has 3 aliphatic rings. The number of hydrogen-bond donors (Lipinski definition) is 1. The Balaban J connectivity index is 1.33. The molecule has 1 N–H and O–H groups in total. The zero-order chi connectivity index (χ0) is 38.4. The largest absolute Gasteiger partial charge is 0.468 e. The van der Waals surface area contributed by atoms with Crippen LogP contribution < -0.4 is 14.4 Å². The second kappa shape index (κ2) is 14.6. The minimum atomic E-state index is -1.26. The van der Waals surface area contributed by atoms with Crippen LogP contribution in [0.4, 0.5) is 23.8 Å². The lowest BCUT2D eigenvalue weighted by atomic mass is 9.75. The van der Waals surface area contributed by atoms with Crippen LogP contribution in [0.25, 0.3) is 32.9 Å². The minimum Gasteiger partial charge on any atom is -0.468 e. The van der Waals surface area contributed by atoms with Gasteiger partial charge < -0.3 is 38.6 Å². The van der Waals surface area contributed by atoms with Crippen LogP contribution in [-0.4, -0.2) is 102 Å². The highest BCUT2D eigenvalue weighted by Crippen LogP contribution is 2.48. The lowest BCUT2D eigenvalue weighted by molar-refractivity contribution is -0.0282. The van der Waals surface area contributed by atoms with Crippen LogP contribution in [0.5, 0.6) is 11.8 Å². The quantitative estimate of drug-likeness (QED) is 0.191. The van der Waals surface area contributed by atoms with Gasteiger partial charge in [0.05, 0.1) is 31.8 Å². The number of anilines is 1. The van der Waals surface area contributed by atoms with Gasteiger partial charge in [0.25, 0.3) is 0 Å². The zero-order valence-corrected chi connectivity index (χ0v) is 31.2. The van der Waals surface area contributed by atoms with Crippen LogP contribution >= 0.6 is 0 Å². The maximum Gasteiger partial charge on any atom is 0.410 e. The molecule has 2 aliphatic heterocycles. The van der Waals surface area contributed by atoms with E-state index >= 15 is 8.78 Å². The number of rotatable bonds is 8. The van der Waals surface area contributed by atoms with Gasteiger partial charge >= 0.3 is 12.1 Å². The topological polar surface area (TPSA) is 129 Å². The molecule has 3 fully saturated rings. The lowest BCUT2D eigenvalue weighted by Crippen LogP contribution is -2.55. The van der Waals surface area contributed by atoms with E-state index in [-0.39, 0.29) is 95.8 Å². The van der Waals surface area contributed by atoms with E-state index in [2.05, 4.69) is 9.97 Å². The van der Waals surface area contributed by atoms with E-state index in [1.165, 1.54) is 31.5 Å². The molecule has 0 unspecified atom stereocenters. The average Bonchev–Trinajstić information content (AvgIpc) is 3.47. The van der Waals surface area contributed by atoms with Gasteiger partial charge in [0.1, 0.15) is 34.0 Å². The number of nitrogens with zero attached hydrogens (tertiary/aromatic N) is 5. The molecule has 2 aromatic heterocycles. The minimum absolute atomic E-state index is 0.0548. The number of aromatic nitrogens is 3. The molecule has 0 radical (unpaired) electrons. The van der Waals surface area contributed by atoms with E-state index < -0.39 is 34.1 Å². The van der Waals surface area contributed by atoms with Crippen LogP contribution in [-0.2, 0) is 14.2 Å². The molecule has 0 spiro atoms. The van der Waals surface area contributed by atoms with Crippen LogP contribution in [0, 0.1) is 22.9 Å². The van der Waals surface area contributed by atoms with E-state index in [1.54, 1.807) is 11.8 Å². The third-order valence-corrected chi connectivity index (χ3v) is 10.4. The smallest absolute Gasteiger partial charge is 0.410 e. The van der Waals surface area contributed by atoms with Gasteiger partial charge in [-0.15, -0.1) is 0 Å². The SMILES string of the molecule is COCOc1cc(-c2ncc3c(N4CCOC[C@@](C)(O)C4)nc(OC[C@]45CCC[C@H]4N(C(=O)OC(C)(C)C)CCC5)nc3c2F)c2c(F)c(F)ccc2c1. The third kappa shape index (κ3) is 7.45. The monoisotopic (exact) mass is 753 g/mol. The van der Waals surface area contributed by atoms with Crippen molar-refractivity contribution in [2.45, 2.75) is 77.0 Å². The maximum absolute atomic E-state index is 17.1. The molecular formula is C39H46F3N5O7. The fourth-order valence-corrected chi connectivity index (χ4v) is 8.11. The first kappa shape index (κ1) is 37.8. The third-order valence-electron chi connectivity index (χ3n) is 10.4. The number of benzene rings is 2. The van der Waals surface area contributed by atoms with E-state index in [1.807, 2.05) is 25.7 Å².